The maximum Gasteiger partial charge on any atom is 0.127 e. The Kier molecular flexibility index (Phi) is 3.50. The fraction of sp³-hybridized carbons (Fsp3) is 0.625. The zero-order valence-electron chi connectivity index (χ0n) is 12.0. The van der Waals surface area contributed by atoms with E-state index in [-0.39, 0.29) is 0 Å². The summed E-state index contributed by atoms with van der Waals surface area (Å²) in [6.07, 6.45) is 4.80. The van der Waals surface area contributed by atoms with Crippen LogP contribution in [0, 0.1) is 5.92 Å². The first-order valence-corrected chi connectivity index (χ1v) is 7.33. The zero-order valence-corrected chi connectivity index (χ0v) is 12.0. The molecule has 104 valence electrons. The molecule has 2 N–H and O–H groups in total. The summed E-state index contributed by atoms with van der Waals surface area (Å²) >= 11 is 0. The van der Waals surface area contributed by atoms with Gasteiger partial charge in [0.15, 0.2) is 0 Å². The summed E-state index contributed by atoms with van der Waals surface area (Å²) in [4.78, 5) is 2.43. The molecule has 0 saturated carbocycles. The smallest absolute Gasteiger partial charge is 0.127 e. The molecule has 1 aliphatic carbocycles. The average Bonchev–Trinajstić information content (AvgIpc) is 3.03. The predicted molar refractivity (Wildman–Crippen MR) is 77.6 cm³/mol. The molecule has 0 aromatic heterocycles. The van der Waals surface area contributed by atoms with E-state index in [2.05, 4.69) is 24.1 Å². The van der Waals surface area contributed by atoms with E-state index in [0.717, 1.165) is 25.3 Å². The molecule has 3 nitrogen and oxygen atoms in total. The fourth-order valence-corrected chi connectivity index (χ4v) is 3.79. The monoisotopic (exact) mass is 260 g/mol. The van der Waals surface area contributed by atoms with E-state index in [9.17, 15) is 0 Å². The van der Waals surface area contributed by atoms with Gasteiger partial charge in [-0.15, -0.1) is 0 Å². The lowest BCUT2D eigenvalue weighted by Gasteiger charge is -2.23. The van der Waals surface area contributed by atoms with Crippen molar-refractivity contribution in [1.82, 2.24) is 4.90 Å². The molecule has 19 heavy (non-hydrogen) atoms. The van der Waals surface area contributed by atoms with Crippen molar-refractivity contribution >= 4 is 0 Å². The van der Waals surface area contributed by atoms with E-state index >= 15 is 0 Å². The molecule has 0 bridgehead atoms. The Bertz CT molecular complexity index is 472. The molecule has 2 aliphatic rings. The lowest BCUT2D eigenvalue weighted by Crippen LogP contribution is -2.21. The number of rotatable bonds is 3. The van der Waals surface area contributed by atoms with E-state index in [1.165, 1.54) is 36.0 Å². The standard InChI is InChI=1S/C16H24N2O/c1-18-10-11(9-17)8-15(18)14-7-6-12-4-3-5-13(12)16(14)19-2/h6-7,11,15H,3-5,8-10,17H2,1-2H3. The summed E-state index contributed by atoms with van der Waals surface area (Å²) in [7, 11) is 4.01. The third-order valence-electron chi connectivity index (χ3n) is 4.79. The van der Waals surface area contributed by atoms with E-state index in [0.29, 0.717) is 12.0 Å². The highest BCUT2D eigenvalue weighted by Gasteiger charge is 2.33. The number of ether oxygens (including phenoxy) is 1. The minimum atomic E-state index is 0.467. The molecule has 1 aromatic rings. The molecule has 3 heteroatoms. The Hall–Kier alpha value is -1.06. The molecular weight excluding hydrogens is 236 g/mol. The number of nitrogens with two attached hydrogens (primary N) is 1. The number of methoxy groups -OCH3 is 1. The van der Waals surface area contributed by atoms with E-state index < -0.39 is 0 Å². The second-order valence-electron chi connectivity index (χ2n) is 5.97. The summed E-state index contributed by atoms with van der Waals surface area (Å²) in [5.74, 6) is 1.76. The van der Waals surface area contributed by atoms with Crippen molar-refractivity contribution in [3.05, 3.63) is 28.8 Å². The summed E-state index contributed by atoms with van der Waals surface area (Å²) in [6.45, 7) is 1.88. The van der Waals surface area contributed by atoms with Gasteiger partial charge in [-0.1, -0.05) is 12.1 Å². The van der Waals surface area contributed by atoms with Gasteiger partial charge in [-0.05, 0) is 56.3 Å². The van der Waals surface area contributed by atoms with Crippen LogP contribution in [0.2, 0.25) is 0 Å². The van der Waals surface area contributed by atoms with Crippen LogP contribution in [-0.4, -0.2) is 32.1 Å². The van der Waals surface area contributed by atoms with Crippen molar-refractivity contribution in [2.75, 3.05) is 27.2 Å². The van der Waals surface area contributed by atoms with Crippen LogP contribution in [0.4, 0.5) is 0 Å². The van der Waals surface area contributed by atoms with Crippen LogP contribution in [0.1, 0.15) is 35.6 Å². The number of nitrogens with zero attached hydrogens (tertiary/aromatic N) is 1. The predicted octanol–water partition coefficient (Wildman–Crippen LogP) is 2.14. The minimum Gasteiger partial charge on any atom is -0.496 e. The Balaban J connectivity index is 1.97. The van der Waals surface area contributed by atoms with Gasteiger partial charge in [0.05, 0.1) is 7.11 Å². The first-order valence-electron chi connectivity index (χ1n) is 7.33. The van der Waals surface area contributed by atoms with Crippen LogP contribution >= 0.6 is 0 Å². The molecule has 2 atom stereocenters. The number of aryl methyl sites for hydroxylation is 1. The van der Waals surface area contributed by atoms with Crippen molar-refractivity contribution < 1.29 is 4.74 Å². The van der Waals surface area contributed by atoms with Gasteiger partial charge in [-0.25, -0.2) is 0 Å². The summed E-state index contributed by atoms with van der Waals surface area (Å²) in [5, 5.41) is 0. The Morgan fingerprint density at radius 3 is 2.89 bits per heavy atom. The first kappa shape index (κ1) is 12.9. The average molecular weight is 260 g/mol. The Morgan fingerprint density at radius 2 is 2.21 bits per heavy atom. The highest BCUT2D eigenvalue weighted by molar-refractivity contribution is 5.50. The van der Waals surface area contributed by atoms with Crippen molar-refractivity contribution in [3.8, 4) is 5.75 Å². The fourth-order valence-electron chi connectivity index (χ4n) is 3.79. The minimum absolute atomic E-state index is 0.467. The molecule has 1 heterocycles. The molecule has 3 rings (SSSR count). The van der Waals surface area contributed by atoms with Crippen LogP contribution < -0.4 is 10.5 Å². The van der Waals surface area contributed by atoms with Gasteiger partial charge < -0.3 is 10.5 Å². The molecule has 0 amide bonds. The lowest BCUT2D eigenvalue weighted by atomic mass is 9.95. The maximum atomic E-state index is 5.84. The van der Waals surface area contributed by atoms with Crippen LogP contribution in [0.3, 0.4) is 0 Å². The summed E-state index contributed by atoms with van der Waals surface area (Å²) in [6, 6.07) is 5.06. The molecule has 1 aliphatic heterocycles. The second kappa shape index (κ2) is 5.14. The normalized spacial score (nSPS) is 26.7. The molecule has 1 fully saturated rings. The van der Waals surface area contributed by atoms with Gasteiger partial charge in [-0.3, -0.25) is 4.90 Å². The third kappa shape index (κ3) is 2.15. The number of likely N-dealkylation sites (tertiary alicyclic amines) is 1. The largest absolute Gasteiger partial charge is 0.496 e. The molecule has 1 saturated heterocycles. The third-order valence-corrected chi connectivity index (χ3v) is 4.79. The number of hydrogen-bond acceptors (Lipinski definition) is 3. The van der Waals surface area contributed by atoms with E-state index in [1.807, 2.05) is 7.11 Å². The van der Waals surface area contributed by atoms with Gasteiger partial charge in [0, 0.05) is 18.2 Å². The number of hydrogen-bond donors (Lipinski definition) is 1. The van der Waals surface area contributed by atoms with Crippen LogP contribution in [0.15, 0.2) is 12.1 Å². The second-order valence-corrected chi connectivity index (χ2v) is 5.97. The topological polar surface area (TPSA) is 38.5 Å². The number of benzene rings is 1. The highest BCUT2D eigenvalue weighted by atomic mass is 16.5. The van der Waals surface area contributed by atoms with E-state index in [1.54, 1.807) is 0 Å². The Morgan fingerprint density at radius 1 is 1.37 bits per heavy atom. The molecular formula is C16H24N2O. The Labute approximate surface area is 115 Å². The molecule has 0 radical (unpaired) electrons. The molecule has 0 spiro atoms. The van der Waals surface area contributed by atoms with Gasteiger partial charge in [0.1, 0.15) is 5.75 Å². The molecule has 1 aromatic carbocycles. The summed E-state index contributed by atoms with van der Waals surface area (Å²) in [5.41, 5.74) is 10.1. The van der Waals surface area contributed by atoms with Gasteiger partial charge >= 0.3 is 0 Å². The molecule has 2 unspecified atom stereocenters. The van der Waals surface area contributed by atoms with Crippen molar-refractivity contribution in [2.24, 2.45) is 11.7 Å². The van der Waals surface area contributed by atoms with Crippen molar-refractivity contribution in [1.29, 1.82) is 0 Å². The summed E-state index contributed by atoms with van der Waals surface area (Å²) < 4.78 is 5.76. The van der Waals surface area contributed by atoms with Gasteiger partial charge in [0.2, 0.25) is 0 Å². The zero-order chi connectivity index (χ0) is 13.4. The van der Waals surface area contributed by atoms with Crippen molar-refractivity contribution in [2.45, 2.75) is 31.7 Å². The van der Waals surface area contributed by atoms with E-state index in [4.69, 9.17) is 10.5 Å². The highest BCUT2D eigenvalue weighted by Crippen LogP contribution is 2.42. The van der Waals surface area contributed by atoms with Crippen LogP contribution in [-0.2, 0) is 12.8 Å². The lowest BCUT2D eigenvalue weighted by molar-refractivity contribution is 0.302. The quantitative estimate of drug-likeness (QED) is 0.905. The SMILES string of the molecule is COc1c(C2CC(CN)CN2C)ccc2c1CCC2. The van der Waals surface area contributed by atoms with Gasteiger partial charge in [0.25, 0.3) is 0 Å². The van der Waals surface area contributed by atoms with Crippen molar-refractivity contribution in [3.63, 3.8) is 0 Å². The van der Waals surface area contributed by atoms with Crippen LogP contribution in [0.25, 0.3) is 0 Å². The maximum absolute atomic E-state index is 5.84. The van der Waals surface area contributed by atoms with Gasteiger partial charge in [-0.2, -0.15) is 0 Å². The van der Waals surface area contributed by atoms with Crippen LogP contribution in [0.5, 0.6) is 5.75 Å². The number of fused-ring (bicyclic) bond motifs is 1. The first-order chi connectivity index (χ1) is 9.24.